The zero-order valence-corrected chi connectivity index (χ0v) is 13.4. The molecule has 4 aromatic rings. The van der Waals surface area contributed by atoms with Gasteiger partial charge in [0, 0.05) is 9.58 Å². The summed E-state index contributed by atoms with van der Waals surface area (Å²) in [6.07, 6.45) is 0. The molecule has 0 aliphatic carbocycles. The molecule has 0 bridgehead atoms. The van der Waals surface area contributed by atoms with Gasteiger partial charge in [-0.25, -0.2) is 0 Å². The molecular weight excluding hydrogens is 344 g/mol. The summed E-state index contributed by atoms with van der Waals surface area (Å²) >= 11 is 5.17. The highest BCUT2D eigenvalue weighted by atomic mass is 79.9. The van der Waals surface area contributed by atoms with E-state index in [1.54, 1.807) is 17.4 Å². The molecule has 3 heteroatoms. The molecule has 4 rings (SSSR count). The predicted molar refractivity (Wildman–Crippen MR) is 94.1 cm³/mol. The van der Waals surface area contributed by atoms with Gasteiger partial charge in [0.1, 0.15) is 5.75 Å². The van der Waals surface area contributed by atoms with Crippen molar-refractivity contribution in [1.29, 1.82) is 0 Å². The second-order valence-corrected chi connectivity index (χ2v) is 6.96. The quantitative estimate of drug-likeness (QED) is 0.432. The smallest absolute Gasteiger partial charge is 0.130 e. The van der Waals surface area contributed by atoms with Crippen LogP contribution in [-0.2, 0) is 0 Å². The number of fused-ring (bicyclic) bond motifs is 2. The topological polar surface area (TPSA) is 20.2 Å². The molecule has 3 aromatic carbocycles. The summed E-state index contributed by atoms with van der Waals surface area (Å²) in [5.74, 6) is 0.278. The standard InChI is InChI=1S/C18H11BrOS/c19-15-7-13-9-18-14(6-12(13)8-16(15)20)10-17(21-18)11-4-2-1-3-5-11/h1-10,20H. The van der Waals surface area contributed by atoms with E-state index < -0.39 is 0 Å². The van der Waals surface area contributed by atoms with Gasteiger partial charge in [-0.2, -0.15) is 0 Å². The van der Waals surface area contributed by atoms with E-state index in [0.29, 0.717) is 0 Å². The molecule has 0 saturated heterocycles. The van der Waals surface area contributed by atoms with Crippen LogP contribution in [0.5, 0.6) is 5.75 Å². The Bertz CT molecular complexity index is 899. The summed E-state index contributed by atoms with van der Waals surface area (Å²) in [5.41, 5.74) is 1.24. The molecule has 0 aliphatic rings. The monoisotopic (exact) mass is 354 g/mol. The van der Waals surface area contributed by atoms with Crippen molar-refractivity contribution < 1.29 is 5.11 Å². The van der Waals surface area contributed by atoms with Crippen LogP contribution >= 0.6 is 27.3 Å². The van der Waals surface area contributed by atoms with Crippen molar-refractivity contribution in [1.82, 2.24) is 0 Å². The van der Waals surface area contributed by atoms with Gasteiger partial charge in [-0.1, -0.05) is 30.3 Å². The maximum absolute atomic E-state index is 9.83. The van der Waals surface area contributed by atoms with Crippen LogP contribution in [0.15, 0.2) is 65.1 Å². The van der Waals surface area contributed by atoms with Gasteiger partial charge in [-0.05, 0) is 68.0 Å². The molecule has 0 aliphatic heterocycles. The van der Waals surface area contributed by atoms with Crippen molar-refractivity contribution in [3.05, 3.63) is 65.1 Å². The lowest BCUT2D eigenvalue weighted by molar-refractivity contribution is 0.473. The average Bonchev–Trinajstić information content (AvgIpc) is 2.90. The lowest BCUT2D eigenvalue weighted by Crippen LogP contribution is -1.74. The van der Waals surface area contributed by atoms with E-state index in [0.717, 1.165) is 15.2 Å². The second kappa shape index (κ2) is 4.86. The number of halogens is 1. The summed E-state index contributed by atoms with van der Waals surface area (Å²) in [5, 5.41) is 13.2. The Morgan fingerprint density at radius 1 is 0.810 bits per heavy atom. The summed E-state index contributed by atoms with van der Waals surface area (Å²) in [6, 6.07) is 20.7. The van der Waals surface area contributed by atoms with Crippen LogP contribution in [0.1, 0.15) is 0 Å². The van der Waals surface area contributed by atoms with Gasteiger partial charge in [-0.3, -0.25) is 0 Å². The van der Waals surface area contributed by atoms with Gasteiger partial charge < -0.3 is 5.11 Å². The normalized spacial score (nSPS) is 11.3. The number of rotatable bonds is 1. The van der Waals surface area contributed by atoms with Crippen molar-refractivity contribution >= 4 is 48.1 Å². The molecule has 0 fully saturated rings. The van der Waals surface area contributed by atoms with Crippen LogP contribution in [0.3, 0.4) is 0 Å². The molecule has 0 spiro atoms. The van der Waals surface area contributed by atoms with Crippen molar-refractivity contribution in [3.63, 3.8) is 0 Å². The number of benzene rings is 3. The van der Waals surface area contributed by atoms with Crippen LogP contribution in [0.25, 0.3) is 31.3 Å². The first kappa shape index (κ1) is 12.9. The van der Waals surface area contributed by atoms with E-state index in [1.807, 2.05) is 12.1 Å². The van der Waals surface area contributed by atoms with Gasteiger partial charge in [-0.15, -0.1) is 11.3 Å². The van der Waals surface area contributed by atoms with E-state index >= 15 is 0 Å². The molecule has 21 heavy (non-hydrogen) atoms. The Morgan fingerprint density at radius 3 is 2.38 bits per heavy atom. The van der Waals surface area contributed by atoms with Crippen LogP contribution in [0.4, 0.5) is 0 Å². The third kappa shape index (κ3) is 2.23. The first-order valence-corrected chi connectivity index (χ1v) is 8.23. The van der Waals surface area contributed by atoms with Crippen molar-refractivity contribution in [3.8, 4) is 16.2 Å². The fraction of sp³-hybridized carbons (Fsp3) is 0. The highest BCUT2D eigenvalue weighted by Gasteiger charge is 2.07. The molecule has 0 saturated carbocycles. The summed E-state index contributed by atoms with van der Waals surface area (Å²) in [7, 11) is 0. The summed E-state index contributed by atoms with van der Waals surface area (Å²) in [4.78, 5) is 1.27. The number of aromatic hydroxyl groups is 1. The minimum Gasteiger partial charge on any atom is -0.507 e. The van der Waals surface area contributed by atoms with E-state index in [2.05, 4.69) is 58.4 Å². The second-order valence-electron chi connectivity index (χ2n) is 5.02. The van der Waals surface area contributed by atoms with Crippen LogP contribution in [0.2, 0.25) is 0 Å². The molecule has 1 aromatic heterocycles. The maximum Gasteiger partial charge on any atom is 0.130 e. The Kier molecular flexibility index (Phi) is 2.98. The Hall–Kier alpha value is -1.84. The largest absolute Gasteiger partial charge is 0.507 e. The number of hydrogen-bond acceptors (Lipinski definition) is 2. The van der Waals surface area contributed by atoms with Gasteiger partial charge in [0.2, 0.25) is 0 Å². The molecule has 0 unspecified atom stereocenters. The van der Waals surface area contributed by atoms with Gasteiger partial charge in [0.25, 0.3) is 0 Å². The SMILES string of the molecule is Oc1cc2cc3cc(-c4ccccc4)sc3cc2cc1Br. The summed E-state index contributed by atoms with van der Waals surface area (Å²) in [6.45, 7) is 0. The number of thiophene rings is 1. The molecule has 0 amide bonds. The number of phenolic OH excluding ortho intramolecular Hbond substituents is 1. The molecule has 1 heterocycles. The summed E-state index contributed by atoms with van der Waals surface area (Å²) < 4.78 is 1.99. The van der Waals surface area contributed by atoms with Crippen LogP contribution < -0.4 is 0 Å². The average molecular weight is 355 g/mol. The van der Waals surface area contributed by atoms with E-state index in [-0.39, 0.29) is 5.75 Å². The number of phenols is 1. The number of hydrogen-bond donors (Lipinski definition) is 1. The molecule has 1 N–H and O–H groups in total. The molecule has 0 atom stereocenters. The van der Waals surface area contributed by atoms with Gasteiger partial charge in [0.05, 0.1) is 4.47 Å². The van der Waals surface area contributed by atoms with E-state index in [1.165, 1.54) is 20.5 Å². The first-order valence-electron chi connectivity index (χ1n) is 6.62. The minimum atomic E-state index is 0.278. The molecule has 1 nitrogen and oxygen atoms in total. The Balaban J connectivity index is 1.97. The fourth-order valence-corrected chi connectivity index (χ4v) is 4.00. The molecule has 0 radical (unpaired) electrons. The Labute approximate surface area is 134 Å². The van der Waals surface area contributed by atoms with Crippen LogP contribution in [0, 0.1) is 0 Å². The van der Waals surface area contributed by atoms with Gasteiger partial charge >= 0.3 is 0 Å². The lowest BCUT2D eigenvalue weighted by Gasteiger charge is -2.02. The van der Waals surface area contributed by atoms with Gasteiger partial charge in [0.15, 0.2) is 0 Å². The van der Waals surface area contributed by atoms with Crippen molar-refractivity contribution in [2.45, 2.75) is 0 Å². The molecule has 102 valence electrons. The van der Waals surface area contributed by atoms with E-state index in [4.69, 9.17) is 0 Å². The highest BCUT2D eigenvalue weighted by molar-refractivity contribution is 9.10. The highest BCUT2D eigenvalue weighted by Crippen LogP contribution is 2.37. The van der Waals surface area contributed by atoms with Crippen molar-refractivity contribution in [2.24, 2.45) is 0 Å². The third-order valence-corrected chi connectivity index (χ3v) is 5.38. The fourth-order valence-electron chi connectivity index (χ4n) is 2.54. The molecular formula is C18H11BrOS. The minimum absolute atomic E-state index is 0.278. The zero-order valence-electron chi connectivity index (χ0n) is 11.0. The van der Waals surface area contributed by atoms with E-state index in [9.17, 15) is 5.11 Å². The Morgan fingerprint density at radius 2 is 1.57 bits per heavy atom. The zero-order chi connectivity index (χ0) is 14.4. The van der Waals surface area contributed by atoms with Crippen LogP contribution in [-0.4, -0.2) is 5.11 Å². The third-order valence-electron chi connectivity index (χ3n) is 3.60. The lowest BCUT2D eigenvalue weighted by atomic mass is 10.1. The maximum atomic E-state index is 9.83. The first-order chi connectivity index (χ1) is 10.2. The van der Waals surface area contributed by atoms with Crippen molar-refractivity contribution in [2.75, 3.05) is 0 Å². The predicted octanol–water partition coefficient (Wildman–Crippen LogP) is 6.19.